The lowest BCUT2D eigenvalue weighted by Gasteiger charge is -2.26. The molecule has 0 saturated heterocycles. The van der Waals surface area contributed by atoms with Crippen LogP contribution in [-0.2, 0) is 6.42 Å². The minimum Gasteiger partial charge on any atom is -0.388 e. The third-order valence-electron chi connectivity index (χ3n) is 2.54. The summed E-state index contributed by atoms with van der Waals surface area (Å²) in [4.78, 5) is 0. The Bertz CT molecular complexity index is 299. The van der Waals surface area contributed by atoms with Crippen LogP contribution in [0.1, 0.15) is 25.3 Å². The summed E-state index contributed by atoms with van der Waals surface area (Å²) in [6.07, 6.45) is 2.25. The van der Waals surface area contributed by atoms with Crippen molar-refractivity contribution in [1.82, 2.24) is 0 Å². The molecule has 0 spiro atoms. The molecule has 1 atom stereocenters. The second kappa shape index (κ2) is 5.50. The van der Waals surface area contributed by atoms with Crippen LogP contribution < -0.4 is 5.73 Å². The molecule has 0 aromatic heterocycles. The first-order valence-corrected chi connectivity index (χ1v) is 5.64. The first-order valence-electron chi connectivity index (χ1n) is 5.26. The summed E-state index contributed by atoms with van der Waals surface area (Å²) < 4.78 is 0. The quantitative estimate of drug-likeness (QED) is 0.812. The Morgan fingerprint density at radius 2 is 1.93 bits per heavy atom. The van der Waals surface area contributed by atoms with Gasteiger partial charge in [-0.15, -0.1) is 0 Å². The fourth-order valence-electron chi connectivity index (χ4n) is 1.71. The van der Waals surface area contributed by atoms with E-state index < -0.39 is 5.60 Å². The van der Waals surface area contributed by atoms with Gasteiger partial charge in [-0.3, -0.25) is 0 Å². The molecule has 0 aliphatic rings. The number of hydrogen-bond acceptors (Lipinski definition) is 2. The zero-order chi connectivity index (χ0) is 11.3. The van der Waals surface area contributed by atoms with E-state index in [0.29, 0.717) is 18.0 Å². The van der Waals surface area contributed by atoms with E-state index >= 15 is 0 Å². The first-order chi connectivity index (χ1) is 7.09. The maximum Gasteiger partial charge on any atom is 0.0809 e. The van der Waals surface area contributed by atoms with Gasteiger partial charge in [0.15, 0.2) is 0 Å². The van der Waals surface area contributed by atoms with Crippen LogP contribution in [-0.4, -0.2) is 17.3 Å². The minimum absolute atomic E-state index is 0.295. The fourth-order valence-corrected chi connectivity index (χ4v) is 1.84. The van der Waals surface area contributed by atoms with E-state index in [2.05, 4.69) is 0 Å². The van der Waals surface area contributed by atoms with Crippen molar-refractivity contribution >= 4 is 11.6 Å². The van der Waals surface area contributed by atoms with Crippen molar-refractivity contribution in [1.29, 1.82) is 0 Å². The summed E-state index contributed by atoms with van der Waals surface area (Å²) in [5, 5.41) is 10.9. The van der Waals surface area contributed by atoms with Crippen molar-refractivity contribution in [3.8, 4) is 0 Å². The summed E-state index contributed by atoms with van der Waals surface area (Å²) in [6, 6.07) is 7.52. The third-order valence-corrected chi connectivity index (χ3v) is 2.79. The molecular weight excluding hydrogens is 210 g/mol. The van der Waals surface area contributed by atoms with E-state index in [1.54, 1.807) is 0 Å². The second-order valence-corrected chi connectivity index (χ2v) is 4.42. The van der Waals surface area contributed by atoms with Crippen LogP contribution in [0.3, 0.4) is 0 Å². The SMILES string of the molecule is CCCC(O)(CN)Cc1ccc(Cl)cc1. The number of benzene rings is 1. The average Bonchev–Trinajstić information content (AvgIpc) is 2.22. The maximum atomic E-state index is 10.2. The van der Waals surface area contributed by atoms with Gasteiger partial charge >= 0.3 is 0 Å². The van der Waals surface area contributed by atoms with Crippen LogP contribution in [0.15, 0.2) is 24.3 Å². The molecule has 1 unspecified atom stereocenters. The predicted molar refractivity (Wildman–Crippen MR) is 64.1 cm³/mol. The normalized spacial score (nSPS) is 14.9. The van der Waals surface area contributed by atoms with Gasteiger partial charge in [-0.25, -0.2) is 0 Å². The van der Waals surface area contributed by atoms with Crippen molar-refractivity contribution in [3.05, 3.63) is 34.9 Å². The topological polar surface area (TPSA) is 46.2 Å². The smallest absolute Gasteiger partial charge is 0.0809 e. The molecule has 0 saturated carbocycles. The molecule has 15 heavy (non-hydrogen) atoms. The van der Waals surface area contributed by atoms with E-state index in [1.165, 1.54) is 0 Å². The van der Waals surface area contributed by atoms with Crippen LogP contribution in [0.4, 0.5) is 0 Å². The lowest BCUT2D eigenvalue weighted by atomic mass is 9.90. The Hall–Kier alpha value is -0.570. The predicted octanol–water partition coefficient (Wildman–Crippen LogP) is 2.37. The van der Waals surface area contributed by atoms with Gasteiger partial charge in [-0.05, 0) is 24.1 Å². The third kappa shape index (κ3) is 3.82. The van der Waals surface area contributed by atoms with Crippen LogP contribution in [0.5, 0.6) is 0 Å². The van der Waals surface area contributed by atoms with E-state index in [0.717, 1.165) is 18.4 Å². The number of rotatable bonds is 5. The Labute approximate surface area is 96.1 Å². The van der Waals surface area contributed by atoms with Crippen molar-refractivity contribution in [3.63, 3.8) is 0 Å². The highest BCUT2D eigenvalue weighted by atomic mass is 35.5. The van der Waals surface area contributed by atoms with Gasteiger partial charge < -0.3 is 10.8 Å². The highest BCUT2D eigenvalue weighted by Gasteiger charge is 2.24. The van der Waals surface area contributed by atoms with Gasteiger partial charge in [-0.1, -0.05) is 37.1 Å². The number of hydrogen-bond donors (Lipinski definition) is 2. The summed E-state index contributed by atoms with van der Waals surface area (Å²) in [7, 11) is 0. The molecule has 1 rings (SSSR count). The zero-order valence-electron chi connectivity index (χ0n) is 9.04. The second-order valence-electron chi connectivity index (χ2n) is 3.98. The zero-order valence-corrected chi connectivity index (χ0v) is 9.80. The van der Waals surface area contributed by atoms with Crippen LogP contribution in [0.25, 0.3) is 0 Å². The molecule has 84 valence electrons. The van der Waals surface area contributed by atoms with Crippen LogP contribution in [0.2, 0.25) is 5.02 Å². The van der Waals surface area contributed by atoms with E-state index in [9.17, 15) is 5.11 Å². The molecule has 3 heteroatoms. The molecular formula is C12H18ClNO. The molecule has 0 aliphatic heterocycles. The standard InChI is InChI=1S/C12H18ClNO/c1-2-7-12(15,9-14)8-10-3-5-11(13)6-4-10/h3-6,15H,2,7-9,14H2,1H3. The van der Waals surface area contributed by atoms with E-state index in [4.69, 9.17) is 17.3 Å². The summed E-state index contributed by atoms with van der Waals surface area (Å²) in [6.45, 7) is 2.34. The summed E-state index contributed by atoms with van der Waals surface area (Å²) in [5.74, 6) is 0. The van der Waals surface area contributed by atoms with Gasteiger partial charge in [-0.2, -0.15) is 0 Å². The molecule has 0 aliphatic carbocycles. The lowest BCUT2D eigenvalue weighted by molar-refractivity contribution is 0.0399. The largest absolute Gasteiger partial charge is 0.388 e. The fraction of sp³-hybridized carbons (Fsp3) is 0.500. The highest BCUT2D eigenvalue weighted by molar-refractivity contribution is 6.30. The Kier molecular flexibility index (Phi) is 4.58. The Morgan fingerprint density at radius 1 is 1.33 bits per heavy atom. The van der Waals surface area contributed by atoms with Crippen LogP contribution in [0, 0.1) is 0 Å². The van der Waals surface area contributed by atoms with Gasteiger partial charge in [0.1, 0.15) is 0 Å². The molecule has 0 radical (unpaired) electrons. The number of aliphatic hydroxyl groups is 1. The van der Waals surface area contributed by atoms with E-state index in [1.807, 2.05) is 31.2 Å². The molecule has 1 aromatic rings. The molecule has 2 nitrogen and oxygen atoms in total. The van der Waals surface area contributed by atoms with Crippen molar-refractivity contribution < 1.29 is 5.11 Å². The number of nitrogens with two attached hydrogens (primary N) is 1. The summed E-state index contributed by atoms with van der Waals surface area (Å²) in [5.41, 5.74) is 5.89. The van der Waals surface area contributed by atoms with Gasteiger partial charge in [0, 0.05) is 18.0 Å². The monoisotopic (exact) mass is 227 g/mol. The number of halogens is 1. The first kappa shape index (κ1) is 12.5. The molecule has 3 N–H and O–H groups in total. The van der Waals surface area contributed by atoms with E-state index in [-0.39, 0.29) is 0 Å². The van der Waals surface area contributed by atoms with Crippen LogP contribution >= 0.6 is 11.6 Å². The lowest BCUT2D eigenvalue weighted by Crippen LogP contribution is -2.39. The van der Waals surface area contributed by atoms with Gasteiger partial charge in [0.25, 0.3) is 0 Å². The van der Waals surface area contributed by atoms with Crippen molar-refractivity contribution in [2.75, 3.05) is 6.54 Å². The van der Waals surface area contributed by atoms with Gasteiger partial charge in [0.2, 0.25) is 0 Å². The Balaban J connectivity index is 2.70. The molecule has 1 aromatic carbocycles. The summed E-state index contributed by atoms with van der Waals surface area (Å²) >= 11 is 5.79. The Morgan fingerprint density at radius 3 is 2.40 bits per heavy atom. The molecule has 0 amide bonds. The molecule has 0 fully saturated rings. The molecule has 0 heterocycles. The minimum atomic E-state index is -0.775. The average molecular weight is 228 g/mol. The highest BCUT2D eigenvalue weighted by Crippen LogP contribution is 2.19. The molecule has 0 bridgehead atoms. The van der Waals surface area contributed by atoms with Crippen molar-refractivity contribution in [2.24, 2.45) is 5.73 Å². The maximum absolute atomic E-state index is 10.2. The van der Waals surface area contributed by atoms with Crippen molar-refractivity contribution in [2.45, 2.75) is 31.8 Å². The van der Waals surface area contributed by atoms with Gasteiger partial charge in [0.05, 0.1) is 5.60 Å².